The first kappa shape index (κ1) is 31.3. The lowest BCUT2D eigenvalue weighted by Gasteiger charge is -2.23. The highest BCUT2D eigenvalue weighted by molar-refractivity contribution is 5.98. The monoisotopic (exact) mass is 633 g/mol. The molecule has 8 nitrogen and oxygen atoms in total. The summed E-state index contributed by atoms with van der Waals surface area (Å²) in [6.07, 6.45) is -4.10. The number of primary amides is 1. The lowest BCUT2D eigenvalue weighted by Crippen LogP contribution is -2.35. The Morgan fingerprint density at radius 3 is 2.40 bits per heavy atom. The van der Waals surface area contributed by atoms with Crippen LogP contribution in [0.1, 0.15) is 68.7 Å². The summed E-state index contributed by atoms with van der Waals surface area (Å²) in [6, 6.07) is 7.81. The molecule has 4 aromatic rings. The van der Waals surface area contributed by atoms with Gasteiger partial charge < -0.3 is 11.1 Å². The number of nitrogens with zero attached hydrogens (tertiary/aromatic N) is 3. The Hall–Kier alpha value is -5.08. The molecule has 0 aliphatic heterocycles. The van der Waals surface area contributed by atoms with Gasteiger partial charge in [0, 0.05) is 30.7 Å². The maximum absolute atomic E-state index is 14.6. The zero-order chi connectivity index (χ0) is 32.6. The number of Topliss-reactive ketones (excluding diaryl/α,β-unsaturated/α-hetero) is 1. The van der Waals surface area contributed by atoms with Gasteiger partial charge in [-0.15, -0.1) is 0 Å². The van der Waals surface area contributed by atoms with E-state index in [1.165, 1.54) is 24.4 Å². The molecule has 2 amide bonds. The molecule has 2 heterocycles. The summed E-state index contributed by atoms with van der Waals surface area (Å²) in [5.74, 6) is -9.50. The van der Waals surface area contributed by atoms with E-state index in [4.69, 9.17) is 5.73 Å². The molecule has 5 rings (SSSR count). The van der Waals surface area contributed by atoms with Gasteiger partial charge in [0.2, 0.25) is 5.91 Å². The van der Waals surface area contributed by atoms with E-state index in [0.29, 0.717) is 10.7 Å². The van der Waals surface area contributed by atoms with Crippen molar-refractivity contribution in [3.05, 3.63) is 106 Å². The molecular formula is C30H22F7N5O3. The third kappa shape index (κ3) is 6.42. The van der Waals surface area contributed by atoms with Gasteiger partial charge in [-0.05, 0) is 47.9 Å². The molecule has 0 saturated carbocycles. The van der Waals surface area contributed by atoms with E-state index in [0.717, 1.165) is 24.3 Å². The molecule has 0 bridgehead atoms. The maximum Gasteiger partial charge on any atom is 0.282 e. The van der Waals surface area contributed by atoms with Crippen LogP contribution in [0.5, 0.6) is 0 Å². The number of carbonyl (C=O) groups excluding carboxylic acids is 3. The van der Waals surface area contributed by atoms with E-state index in [1.807, 2.05) is 0 Å². The minimum absolute atomic E-state index is 0.0533. The Kier molecular flexibility index (Phi) is 8.45. The van der Waals surface area contributed by atoms with Crippen molar-refractivity contribution >= 4 is 17.6 Å². The van der Waals surface area contributed by atoms with Gasteiger partial charge in [0.25, 0.3) is 18.3 Å². The lowest BCUT2D eigenvalue weighted by molar-refractivity contribution is -0.122. The first-order chi connectivity index (χ1) is 21.2. The van der Waals surface area contributed by atoms with Gasteiger partial charge in [-0.25, -0.2) is 30.7 Å². The van der Waals surface area contributed by atoms with Gasteiger partial charge in [-0.1, -0.05) is 12.1 Å². The molecule has 1 atom stereocenters. The molecule has 2 aromatic carbocycles. The van der Waals surface area contributed by atoms with E-state index in [2.05, 4.69) is 15.4 Å². The second-order valence-electron chi connectivity index (χ2n) is 10.3. The van der Waals surface area contributed by atoms with Crippen molar-refractivity contribution in [3.8, 4) is 11.1 Å². The number of fused-ring (bicyclic) bond motifs is 1. The molecule has 0 spiro atoms. The average Bonchev–Trinajstić information content (AvgIpc) is 3.36. The summed E-state index contributed by atoms with van der Waals surface area (Å²) >= 11 is 0. The highest BCUT2D eigenvalue weighted by Gasteiger charge is 2.47. The quantitative estimate of drug-likeness (QED) is 0.234. The molecule has 0 fully saturated rings. The fourth-order valence-electron chi connectivity index (χ4n) is 5.28. The highest BCUT2D eigenvalue weighted by Crippen LogP contribution is 2.44. The van der Waals surface area contributed by atoms with Crippen molar-refractivity contribution in [1.29, 1.82) is 0 Å². The zero-order valence-corrected chi connectivity index (χ0v) is 23.0. The number of alkyl halides is 4. The molecule has 0 radical (unpaired) electrons. The second-order valence-corrected chi connectivity index (χ2v) is 10.3. The van der Waals surface area contributed by atoms with E-state index in [9.17, 15) is 45.1 Å². The number of halogens is 7. The van der Waals surface area contributed by atoms with Gasteiger partial charge >= 0.3 is 0 Å². The van der Waals surface area contributed by atoms with Gasteiger partial charge in [0.05, 0.1) is 22.9 Å². The van der Waals surface area contributed by atoms with E-state index in [-0.39, 0.29) is 28.8 Å². The number of aromatic nitrogens is 3. The van der Waals surface area contributed by atoms with Crippen molar-refractivity contribution in [2.45, 2.75) is 44.2 Å². The molecular weight excluding hydrogens is 611 g/mol. The van der Waals surface area contributed by atoms with Gasteiger partial charge in [-0.2, -0.15) is 5.10 Å². The lowest BCUT2D eigenvalue weighted by atomic mass is 9.91. The molecule has 234 valence electrons. The smallest absolute Gasteiger partial charge is 0.282 e. The first-order valence-electron chi connectivity index (χ1n) is 13.3. The second kappa shape index (κ2) is 12.1. The van der Waals surface area contributed by atoms with Gasteiger partial charge in [0.1, 0.15) is 35.4 Å². The van der Waals surface area contributed by atoms with Crippen molar-refractivity contribution in [3.63, 3.8) is 0 Å². The number of nitrogens with one attached hydrogen (secondary N) is 1. The number of hydrogen-bond acceptors (Lipinski definition) is 5. The summed E-state index contributed by atoms with van der Waals surface area (Å²) in [5, 5.41) is 6.02. The van der Waals surface area contributed by atoms with Crippen LogP contribution in [0.4, 0.5) is 30.7 Å². The Morgan fingerprint density at radius 1 is 1.02 bits per heavy atom. The Labute approximate surface area is 250 Å². The molecule has 0 saturated heterocycles. The largest absolute Gasteiger partial charge is 0.366 e. The third-order valence-electron chi connectivity index (χ3n) is 7.18. The van der Waals surface area contributed by atoms with Crippen LogP contribution >= 0.6 is 0 Å². The summed E-state index contributed by atoms with van der Waals surface area (Å²) in [6.45, 7) is -0.949. The standard InChI is InChI=1S/C30H22F7N5O3/c31-16-8-14(9-17(32)12-16)10-21(25-18(2-1-7-39-25)15-3-4-20(33)19(11-15)29(38)45)40-23(44)13-42-27-22(43)5-6-30(36,37)24(27)26(41-42)28(34)35/h1-4,7-9,11-12,21,28H,5-6,10,13H2,(H2,38,45)(H,40,44). The molecule has 1 unspecified atom stereocenters. The average molecular weight is 634 g/mol. The van der Waals surface area contributed by atoms with Crippen LogP contribution in [0, 0.1) is 17.5 Å². The van der Waals surface area contributed by atoms with Gasteiger partial charge in [-0.3, -0.25) is 24.0 Å². The fourth-order valence-corrected chi connectivity index (χ4v) is 5.28. The number of pyridine rings is 1. The predicted molar refractivity (Wildman–Crippen MR) is 144 cm³/mol. The highest BCUT2D eigenvalue weighted by atomic mass is 19.3. The topological polar surface area (TPSA) is 120 Å². The normalized spacial score (nSPS) is 14.7. The van der Waals surface area contributed by atoms with Crippen LogP contribution in [-0.4, -0.2) is 32.4 Å². The Morgan fingerprint density at radius 2 is 1.73 bits per heavy atom. The SMILES string of the molecule is NC(=O)c1cc(-c2cccnc2C(Cc2cc(F)cc(F)c2)NC(=O)Cn2nc(C(F)F)c3c2C(=O)CCC3(F)F)ccc1F. The van der Waals surface area contributed by atoms with E-state index < -0.39 is 95.3 Å². The summed E-state index contributed by atoms with van der Waals surface area (Å²) in [4.78, 5) is 42.0. The molecule has 15 heteroatoms. The number of nitrogens with two attached hydrogens (primary N) is 1. The van der Waals surface area contributed by atoms with Crippen LogP contribution in [0.25, 0.3) is 11.1 Å². The van der Waals surface area contributed by atoms with Crippen molar-refractivity contribution in [2.24, 2.45) is 5.73 Å². The minimum Gasteiger partial charge on any atom is -0.366 e. The van der Waals surface area contributed by atoms with Crippen molar-refractivity contribution < 1.29 is 45.1 Å². The van der Waals surface area contributed by atoms with Crippen molar-refractivity contribution in [2.75, 3.05) is 0 Å². The first-order valence-corrected chi connectivity index (χ1v) is 13.3. The Bertz CT molecular complexity index is 1810. The number of amides is 2. The van der Waals surface area contributed by atoms with Crippen LogP contribution in [0.15, 0.2) is 54.7 Å². The zero-order valence-electron chi connectivity index (χ0n) is 23.0. The minimum atomic E-state index is -3.78. The van der Waals surface area contributed by atoms with Crippen LogP contribution in [0.3, 0.4) is 0 Å². The summed E-state index contributed by atoms with van der Waals surface area (Å²) in [5.41, 5.74) is 2.05. The van der Waals surface area contributed by atoms with Crippen LogP contribution in [-0.2, 0) is 23.7 Å². The number of carbonyl (C=O) groups is 3. The molecule has 3 N–H and O–H groups in total. The molecule has 2 aromatic heterocycles. The van der Waals surface area contributed by atoms with Crippen molar-refractivity contribution in [1.82, 2.24) is 20.1 Å². The number of ketones is 1. The summed E-state index contributed by atoms with van der Waals surface area (Å²) < 4.78 is 99.5. The third-order valence-corrected chi connectivity index (χ3v) is 7.18. The molecule has 1 aliphatic carbocycles. The predicted octanol–water partition coefficient (Wildman–Crippen LogP) is 5.57. The molecule has 45 heavy (non-hydrogen) atoms. The maximum atomic E-state index is 14.6. The fraction of sp³-hybridized carbons (Fsp3) is 0.233. The Balaban J connectivity index is 1.55. The van der Waals surface area contributed by atoms with Crippen LogP contribution < -0.4 is 11.1 Å². The number of benzene rings is 2. The summed E-state index contributed by atoms with van der Waals surface area (Å²) in [7, 11) is 0. The molecule has 1 aliphatic rings. The van der Waals surface area contributed by atoms with Gasteiger partial charge in [0.15, 0.2) is 5.78 Å². The number of hydrogen-bond donors (Lipinski definition) is 2. The number of rotatable bonds is 9. The van der Waals surface area contributed by atoms with E-state index >= 15 is 0 Å². The van der Waals surface area contributed by atoms with Crippen LogP contribution in [0.2, 0.25) is 0 Å². The van der Waals surface area contributed by atoms with E-state index in [1.54, 1.807) is 0 Å².